The lowest BCUT2D eigenvalue weighted by Crippen LogP contribution is -2.50. The molecule has 3 rings (SSSR count). The smallest absolute Gasteiger partial charge is 0.241 e. The SMILES string of the molecule is CC(=O)N1CCc2cc(S(=O)(=O)N[C@H](CC(C)C)C(=O)NC3CCCCC3)ccc21. The number of anilines is 1. The molecule has 0 unspecified atom stereocenters. The summed E-state index contributed by atoms with van der Waals surface area (Å²) in [6.45, 7) is 6.01. The first-order valence-electron chi connectivity index (χ1n) is 10.9. The van der Waals surface area contributed by atoms with Crippen LogP contribution in [0.4, 0.5) is 5.69 Å². The number of benzene rings is 1. The topological polar surface area (TPSA) is 95.6 Å². The summed E-state index contributed by atoms with van der Waals surface area (Å²) in [5.41, 5.74) is 1.59. The summed E-state index contributed by atoms with van der Waals surface area (Å²) >= 11 is 0. The second kappa shape index (κ2) is 9.47. The van der Waals surface area contributed by atoms with Crippen LogP contribution in [0.5, 0.6) is 0 Å². The van der Waals surface area contributed by atoms with Crippen LogP contribution in [0, 0.1) is 5.92 Å². The van der Waals surface area contributed by atoms with Gasteiger partial charge in [-0.15, -0.1) is 0 Å². The molecular weight excluding hydrogens is 402 g/mol. The van der Waals surface area contributed by atoms with Gasteiger partial charge in [0.2, 0.25) is 21.8 Å². The van der Waals surface area contributed by atoms with Crippen LogP contribution >= 0.6 is 0 Å². The molecule has 1 heterocycles. The maximum absolute atomic E-state index is 13.1. The van der Waals surface area contributed by atoms with Crippen molar-refractivity contribution >= 4 is 27.5 Å². The fraction of sp³-hybridized carbons (Fsp3) is 0.636. The first-order chi connectivity index (χ1) is 14.2. The minimum Gasteiger partial charge on any atom is -0.352 e. The van der Waals surface area contributed by atoms with E-state index in [0.29, 0.717) is 19.4 Å². The number of nitrogens with one attached hydrogen (secondary N) is 2. The van der Waals surface area contributed by atoms with E-state index >= 15 is 0 Å². The minimum absolute atomic E-state index is 0.0566. The zero-order valence-electron chi connectivity index (χ0n) is 18.1. The Morgan fingerprint density at radius 1 is 1.17 bits per heavy atom. The second-order valence-corrected chi connectivity index (χ2v) is 10.6. The van der Waals surface area contributed by atoms with Crippen LogP contribution in [0.25, 0.3) is 0 Å². The maximum atomic E-state index is 13.1. The van der Waals surface area contributed by atoms with E-state index in [4.69, 9.17) is 0 Å². The standard InChI is InChI=1S/C22H33N3O4S/c1-15(2)13-20(22(27)23-18-7-5-4-6-8-18)24-30(28,29)19-9-10-21-17(14-19)11-12-25(21)16(3)26/h9-10,14-15,18,20,24H,4-8,11-13H2,1-3H3,(H,23,27)/t20-/m1/s1. The van der Waals surface area contributed by atoms with Gasteiger partial charge in [-0.05, 0) is 55.4 Å². The Balaban J connectivity index is 1.76. The quantitative estimate of drug-likeness (QED) is 0.688. The molecule has 2 amide bonds. The molecule has 1 aromatic carbocycles. The van der Waals surface area contributed by atoms with Crippen molar-refractivity contribution in [3.05, 3.63) is 23.8 Å². The molecule has 2 N–H and O–H groups in total. The number of carbonyl (C=O) groups excluding carboxylic acids is 2. The Morgan fingerprint density at radius 2 is 1.87 bits per heavy atom. The molecule has 0 saturated heterocycles. The van der Waals surface area contributed by atoms with Crippen molar-refractivity contribution in [1.82, 2.24) is 10.0 Å². The Morgan fingerprint density at radius 3 is 2.50 bits per heavy atom. The minimum atomic E-state index is -3.86. The van der Waals surface area contributed by atoms with E-state index in [2.05, 4.69) is 10.0 Å². The van der Waals surface area contributed by atoms with Crippen molar-refractivity contribution in [3.8, 4) is 0 Å². The van der Waals surface area contributed by atoms with Crippen molar-refractivity contribution in [1.29, 1.82) is 0 Å². The summed E-state index contributed by atoms with van der Waals surface area (Å²) in [6.07, 6.45) is 6.33. The Labute approximate surface area is 179 Å². The molecule has 1 saturated carbocycles. The number of sulfonamides is 1. The van der Waals surface area contributed by atoms with Gasteiger partial charge in [-0.3, -0.25) is 9.59 Å². The lowest BCUT2D eigenvalue weighted by atomic mass is 9.95. The number of hydrogen-bond donors (Lipinski definition) is 2. The molecule has 0 spiro atoms. The van der Waals surface area contributed by atoms with E-state index in [1.807, 2.05) is 13.8 Å². The molecule has 1 aliphatic carbocycles. The highest BCUT2D eigenvalue weighted by Gasteiger charge is 2.30. The van der Waals surface area contributed by atoms with Gasteiger partial charge in [0.1, 0.15) is 6.04 Å². The second-order valence-electron chi connectivity index (χ2n) is 8.86. The molecule has 8 heteroatoms. The fourth-order valence-corrected chi connectivity index (χ4v) is 5.61. The number of hydrogen-bond acceptors (Lipinski definition) is 4. The van der Waals surface area contributed by atoms with Gasteiger partial charge in [0.15, 0.2) is 0 Å². The summed E-state index contributed by atoms with van der Waals surface area (Å²) in [5, 5.41) is 3.05. The molecule has 1 atom stereocenters. The summed E-state index contributed by atoms with van der Waals surface area (Å²) in [7, 11) is -3.86. The lowest BCUT2D eigenvalue weighted by molar-refractivity contribution is -0.124. The average Bonchev–Trinajstić information content (AvgIpc) is 3.11. The number of amides is 2. The van der Waals surface area contributed by atoms with E-state index in [-0.39, 0.29) is 28.7 Å². The van der Waals surface area contributed by atoms with Crippen molar-refractivity contribution in [2.45, 2.75) is 82.7 Å². The van der Waals surface area contributed by atoms with Gasteiger partial charge in [0.05, 0.1) is 4.90 Å². The number of nitrogens with zero attached hydrogens (tertiary/aromatic N) is 1. The third-order valence-corrected chi connectivity index (χ3v) is 7.38. The number of fused-ring (bicyclic) bond motifs is 1. The van der Waals surface area contributed by atoms with E-state index in [1.165, 1.54) is 19.4 Å². The lowest BCUT2D eigenvalue weighted by Gasteiger charge is -2.26. The fourth-order valence-electron chi connectivity index (χ4n) is 4.36. The van der Waals surface area contributed by atoms with Crippen LogP contribution in [0.15, 0.2) is 23.1 Å². The van der Waals surface area contributed by atoms with E-state index in [1.54, 1.807) is 17.0 Å². The molecule has 166 valence electrons. The van der Waals surface area contributed by atoms with Gasteiger partial charge in [-0.2, -0.15) is 4.72 Å². The van der Waals surface area contributed by atoms with Crippen LogP contribution in [0.2, 0.25) is 0 Å². The normalized spacial score (nSPS) is 18.3. The van der Waals surface area contributed by atoms with Crippen molar-refractivity contribution in [3.63, 3.8) is 0 Å². The Bertz CT molecular complexity index is 892. The Kier molecular flexibility index (Phi) is 7.18. The molecule has 2 aliphatic rings. The van der Waals surface area contributed by atoms with Gasteiger partial charge in [-0.1, -0.05) is 33.1 Å². The highest BCUT2D eigenvalue weighted by molar-refractivity contribution is 7.89. The largest absolute Gasteiger partial charge is 0.352 e. The third-order valence-electron chi connectivity index (χ3n) is 5.91. The summed E-state index contributed by atoms with van der Waals surface area (Å²) in [5.74, 6) is -0.138. The average molecular weight is 436 g/mol. The zero-order valence-corrected chi connectivity index (χ0v) is 18.9. The van der Waals surface area contributed by atoms with E-state index in [9.17, 15) is 18.0 Å². The molecule has 7 nitrogen and oxygen atoms in total. The summed E-state index contributed by atoms with van der Waals surface area (Å²) in [6, 6.07) is 4.12. The number of rotatable bonds is 7. The molecule has 0 radical (unpaired) electrons. The van der Waals surface area contributed by atoms with Crippen LogP contribution in [0.1, 0.15) is 64.9 Å². The summed E-state index contributed by atoms with van der Waals surface area (Å²) < 4.78 is 28.8. The molecule has 0 bridgehead atoms. The summed E-state index contributed by atoms with van der Waals surface area (Å²) in [4.78, 5) is 26.4. The van der Waals surface area contributed by atoms with Crippen molar-refractivity contribution in [2.75, 3.05) is 11.4 Å². The first-order valence-corrected chi connectivity index (χ1v) is 12.4. The van der Waals surface area contributed by atoms with Gasteiger partial charge < -0.3 is 10.2 Å². The molecule has 1 fully saturated rings. The molecule has 1 aromatic rings. The number of carbonyl (C=O) groups is 2. The highest BCUT2D eigenvalue weighted by atomic mass is 32.2. The van der Waals surface area contributed by atoms with Crippen LogP contribution in [-0.4, -0.2) is 38.9 Å². The molecule has 30 heavy (non-hydrogen) atoms. The zero-order chi connectivity index (χ0) is 21.9. The Hall–Kier alpha value is -1.93. The highest BCUT2D eigenvalue weighted by Crippen LogP contribution is 2.30. The van der Waals surface area contributed by atoms with E-state index < -0.39 is 16.1 Å². The third kappa shape index (κ3) is 5.40. The van der Waals surface area contributed by atoms with Crippen molar-refractivity contribution < 1.29 is 18.0 Å². The van der Waals surface area contributed by atoms with Crippen LogP contribution in [-0.2, 0) is 26.0 Å². The van der Waals surface area contributed by atoms with Gasteiger partial charge in [-0.25, -0.2) is 8.42 Å². The molecular formula is C22H33N3O4S. The van der Waals surface area contributed by atoms with Gasteiger partial charge in [0, 0.05) is 25.2 Å². The molecule has 1 aliphatic heterocycles. The van der Waals surface area contributed by atoms with E-state index in [0.717, 1.165) is 36.9 Å². The van der Waals surface area contributed by atoms with Crippen LogP contribution in [0.3, 0.4) is 0 Å². The predicted molar refractivity (Wildman–Crippen MR) is 117 cm³/mol. The van der Waals surface area contributed by atoms with Gasteiger partial charge >= 0.3 is 0 Å². The monoisotopic (exact) mass is 435 g/mol. The molecule has 0 aromatic heterocycles. The predicted octanol–water partition coefficient (Wildman–Crippen LogP) is 2.74. The first kappa shape index (κ1) is 22.7. The van der Waals surface area contributed by atoms with Crippen molar-refractivity contribution in [2.24, 2.45) is 5.92 Å². The maximum Gasteiger partial charge on any atom is 0.241 e. The van der Waals surface area contributed by atoms with Crippen LogP contribution < -0.4 is 14.9 Å². The van der Waals surface area contributed by atoms with Gasteiger partial charge in [0.25, 0.3) is 0 Å².